The molecule has 1 aromatic heterocycles. The van der Waals surface area contributed by atoms with Crippen LogP contribution >= 0.6 is 11.6 Å². The molecular formula is C18H18ClN5O2. The molecule has 0 bridgehead atoms. The molecule has 0 saturated carbocycles. The van der Waals surface area contributed by atoms with Crippen molar-refractivity contribution in [2.75, 3.05) is 24.9 Å². The van der Waals surface area contributed by atoms with Crippen molar-refractivity contribution in [3.8, 4) is 11.5 Å². The first-order chi connectivity index (χ1) is 12.6. The van der Waals surface area contributed by atoms with Gasteiger partial charge in [0.15, 0.2) is 17.3 Å². The van der Waals surface area contributed by atoms with Gasteiger partial charge >= 0.3 is 0 Å². The number of halogens is 1. The summed E-state index contributed by atoms with van der Waals surface area (Å²) >= 11 is 6.15. The smallest absolute Gasteiger partial charge is 0.249 e. The van der Waals surface area contributed by atoms with Crippen LogP contribution in [0.3, 0.4) is 0 Å². The molecule has 0 radical (unpaired) electrons. The minimum absolute atomic E-state index is 0.349. The molecule has 0 unspecified atom stereocenters. The topological polar surface area (TPSA) is 81.2 Å². The van der Waals surface area contributed by atoms with Gasteiger partial charge in [-0.3, -0.25) is 0 Å². The lowest BCUT2D eigenvalue weighted by atomic mass is 10.2. The van der Waals surface area contributed by atoms with Crippen LogP contribution in [0.15, 0.2) is 42.6 Å². The van der Waals surface area contributed by atoms with Gasteiger partial charge in [-0.1, -0.05) is 17.7 Å². The number of hydrogen-bond acceptors (Lipinski definition) is 7. The first kappa shape index (κ1) is 17.8. The van der Waals surface area contributed by atoms with Crippen LogP contribution in [0.1, 0.15) is 5.56 Å². The molecule has 0 atom stereocenters. The fourth-order valence-corrected chi connectivity index (χ4v) is 2.52. The monoisotopic (exact) mass is 371 g/mol. The average molecular weight is 372 g/mol. The SMILES string of the molecule is COc1ccc(Nc2nncc(Nc3cccc(Cl)c3C)n2)cc1OC. The summed E-state index contributed by atoms with van der Waals surface area (Å²) in [4.78, 5) is 4.42. The van der Waals surface area contributed by atoms with Crippen molar-refractivity contribution in [3.63, 3.8) is 0 Å². The number of aromatic nitrogens is 3. The summed E-state index contributed by atoms with van der Waals surface area (Å²) < 4.78 is 10.5. The number of benzene rings is 2. The Morgan fingerprint density at radius 1 is 1.00 bits per heavy atom. The van der Waals surface area contributed by atoms with Gasteiger partial charge in [-0.2, -0.15) is 10.1 Å². The molecule has 3 rings (SSSR count). The van der Waals surface area contributed by atoms with E-state index in [-0.39, 0.29) is 0 Å². The first-order valence-electron chi connectivity index (χ1n) is 7.81. The molecular weight excluding hydrogens is 354 g/mol. The zero-order chi connectivity index (χ0) is 18.5. The second-order valence-electron chi connectivity index (χ2n) is 5.40. The van der Waals surface area contributed by atoms with Gasteiger partial charge in [-0.15, -0.1) is 5.10 Å². The highest BCUT2D eigenvalue weighted by Gasteiger charge is 2.08. The van der Waals surface area contributed by atoms with E-state index in [0.717, 1.165) is 16.9 Å². The van der Waals surface area contributed by atoms with Crippen LogP contribution in [-0.2, 0) is 0 Å². The van der Waals surface area contributed by atoms with Crippen LogP contribution in [0.4, 0.5) is 23.1 Å². The molecule has 0 fully saturated rings. The standard InChI is InChI=1S/C18H18ClN5O2/c1-11-13(19)5-4-6-14(11)22-17-10-20-24-18(23-17)21-12-7-8-15(25-2)16(9-12)26-3/h4-10H,1-3H3,(H2,21,22,23,24). The van der Waals surface area contributed by atoms with Crippen molar-refractivity contribution in [1.82, 2.24) is 15.2 Å². The Balaban J connectivity index is 1.80. The van der Waals surface area contributed by atoms with Gasteiger partial charge in [0.1, 0.15) is 0 Å². The second kappa shape index (κ2) is 7.88. The molecule has 0 spiro atoms. The molecule has 0 aliphatic carbocycles. The van der Waals surface area contributed by atoms with Crippen LogP contribution in [0.5, 0.6) is 11.5 Å². The summed E-state index contributed by atoms with van der Waals surface area (Å²) in [6.45, 7) is 1.93. The summed E-state index contributed by atoms with van der Waals surface area (Å²) in [6, 6.07) is 11.1. The Hall–Kier alpha value is -3.06. The van der Waals surface area contributed by atoms with Gasteiger partial charge in [0, 0.05) is 22.5 Å². The number of rotatable bonds is 6. The van der Waals surface area contributed by atoms with Crippen molar-refractivity contribution in [3.05, 3.63) is 53.2 Å². The maximum absolute atomic E-state index is 6.15. The Morgan fingerprint density at radius 3 is 2.58 bits per heavy atom. The predicted molar refractivity (Wildman–Crippen MR) is 102 cm³/mol. The highest BCUT2D eigenvalue weighted by Crippen LogP contribution is 2.31. The lowest BCUT2D eigenvalue weighted by Crippen LogP contribution is -2.03. The predicted octanol–water partition coefficient (Wildman–Crippen LogP) is 4.34. The number of hydrogen-bond donors (Lipinski definition) is 2. The Kier molecular flexibility index (Phi) is 5.38. The van der Waals surface area contributed by atoms with Gasteiger partial charge in [-0.05, 0) is 36.8 Å². The van der Waals surface area contributed by atoms with Gasteiger partial charge in [-0.25, -0.2) is 0 Å². The van der Waals surface area contributed by atoms with E-state index < -0.39 is 0 Å². The number of methoxy groups -OCH3 is 2. The third-order valence-electron chi connectivity index (χ3n) is 3.73. The summed E-state index contributed by atoms with van der Waals surface area (Å²) in [6.07, 6.45) is 1.54. The van der Waals surface area contributed by atoms with Crippen molar-refractivity contribution in [2.45, 2.75) is 6.92 Å². The molecule has 0 aliphatic rings. The van der Waals surface area contributed by atoms with E-state index in [1.807, 2.05) is 31.2 Å². The Labute approximate surface area is 156 Å². The lowest BCUT2D eigenvalue weighted by molar-refractivity contribution is 0.355. The minimum atomic E-state index is 0.349. The fraction of sp³-hybridized carbons (Fsp3) is 0.167. The molecule has 134 valence electrons. The van der Waals surface area contributed by atoms with Crippen molar-refractivity contribution in [2.24, 2.45) is 0 Å². The number of anilines is 4. The Bertz CT molecular complexity index is 920. The molecule has 8 heteroatoms. The van der Waals surface area contributed by atoms with Gasteiger partial charge in [0.05, 0.1) is 20.4 Å². The molecule has 2 N–H and O–H groups in total. The number of nitrogens with one attached hydrogen (secondary N) is 2. The Morgan fingerprint density at radius 2 is 1.81 bits per heavy atom. The lowest BCUT2D eigenvalue weighted by Gasteiger charge is -2.12. The second-order valence-corrected chi connectivity index (χ2v) is 5.80. The molecule has 2 aromatic carbocycles. The van der Waals surface area contributed by atoms with Crippen LogP contribution in [-0.4, -0.2) is 29.4 Å². The number of nitrogens with zero attached hydrogens (tertiary/aromatic N) is 3. The third-order valence-corrected chi connectivity index (χ3v) is 4.14. The van der Waals surface area contributed by atoms with Gasteiger partial charge in [0.2, 0.25) is 5.95 Å². The largest absolute Gasteiger partial charge is 0.493 e. The van der Waals surface area contributed by atoms with Crippen molar-refractivity contribution >= 4 is 34.7 Å². The van der Waals surface area contributed by atoms with E-state index in [2.05, 4.69) is 25.8 Å². The van der Waals surface area contributed by atoms with Crippen LogP contribution < -0.4 is 20.1 Å². The van der Waals surface area contributed by atoms with E-state index in [4.69, 9.17) is 21.1 Å². The van der Waals surface area contributed by atoms with Crippen LogP contribution in [0.2, 0.25) is 5.02 Å². The summed E-state index contributed by atoms with van der Waals surface area (Å²) in [5.74, 6) is 2.15. The minimum Gasteiger partial charge on any atom is -0.493 e. The van der Waals surface area contributed by atoms with E-state index in [9.17, 15) is 0 Å². The first-order valence-corrected chi connectivity index (χ1v) is 8.19. The number of ether oxygens (including phenoxy) is 2. The maximum atomic E-state index is 6.15. The molecule has 0 amide bonds. The fourth-order valence-electron chi connectivity index (χ4n) is 2.34. The van der Waals surface area contributed by atoms with E-state index in [1.165, 1.54) is 0 Å². The zero-order valence-electron chi connectivity index (χ0n) is 14.6. The average Bonchev–Trinajstić information content (AvgIpc) is 2.65. The normalized spacial score (nSPS) is 10.3. The van der Waals surface area contributed by atoms with Gasteiger partial charge < -0.3 is 20.1 Å². The summed E-state index contributed by atoms with van der Waals surface area (Å²) in [7, 11) is 3.17. The highest BCUT2D eigenvalue weighted by atomic mass is 35.5. The van der Waals surface area contributed by atoms with E-state index in [0.29, 0.717) is 28.3 Å². The molecule has 3 aromatic rings. The van der Waals surface area contributed by atoms with Crippen LogP contribution in [0, 0.1) is 6.92 Å². The summed E-state index contributed by atoms with van der Waals surface area (Å²) in [5, 5.41) is 15.0. The van der Waals surface area contributed by atoms with Crippen LogP contribution in [0.25, 0.3) is 0 Å². The quantitative estimate of drug-likeness (QED) is 0.667. The van der Waals surface area contributed by atoms with Gasteiger partial charge in [0.25, 0.3) is 0 Å². The van der Waals surface area contributed by atoms with E-state index >= 15 is 0 Å². The zero-order valence-corrected chi connectivity index (χ0v) is 15.3. The molecule has 1 heterocycles. The molecule has 0 aliphatic heterocycles. The maximum Gasteiger partial charge on any atom is 0.249 e. The molecule has 7 nitrogen and oxygen atoms in total. The third kappa shape index (κ3) is 3.94. The summed E-state index contributed by atoms with van der Waals surface area (Å²) in [5.41, 5.74) is 2.54. The van der Waals surface area contributed by atoms with Crippen molar-refractivity contribution < 1.29 is 9.47 Å². The molecule has 0 saturated heterocycles. The highest BCUT2D eigenvalue weighted by molar-refractivity contribution is 6.31. The molecule has 26 heavy (non-hydrogen) atoms. The van der Waals surface area contributed by atoms with E-state index in [1.54, 1.807) is 32.5 Å². The van der Waals surface area contributed by atoms with Crippen molar-refractivity contribution in [1.29, 1.82) is 0 Å².